The van der Waals surface area contributed by atoms with Gasteiger partial charge in [0.2, 0.25) is 0 Å². The summed E-state index contributed by atoms with van der Waals surface area (Å²) in [4.78, 5) is 0. The van der Waals surface area contributed by atoms with Crippen molar-refractivity contribution < 1.29 is 4.74 Å². The molecule has 1 aliphatic heterocycles. The molecule has 2 atom stereocenters. The highest BCUT2D eigenvalue weighted by Crippen LogP contribution is 2.17. The fourth-order valence-electron chi connectivity index (χ4n) is 1.73. The summed E-state index contributed by atoms with van der Waals surface area (Å²) in [6, 6.07) is 2.42. The smallest absolute Gasteiger partial charge is 0.148 e. The molecule has 0 amide bonds. The van der Waals surface area contributed by atoms with Crippen molar-refractivity contribution in [2.75, 3.05) is 11.9 Å². The fraction of sp³-hybridized carbons (Fsp3) is 0.700. The average molecular weight is 195 g/mol. The second-order valence-electron chi connectivity index (χ2n) is 3.67. The van der Waals surface area contributed by atoms with E-state index in [2.05, 4.69) is 24.3 Å². The van der Waals surface area contributed by atoms with Crippen LogP contribution in [0.25, 0.3) is 0 Å². The molecule has 78 valence electrons. The summed E-state index contributed by atoms with van der Waals surface area (Å²) in [6.45, 7) is 5.95. The van der Waals surface area contributed by atoms with Crippen LogP contribution in [0.1, 0.15) is 20.3 Å². The van der Waals surface area contributed by atoms with E-state index in [1.165, 1.54) is 0 Å². The minimum absolute atomic E-state index is 0.293. The largest absolute Gasteiger partial charge is 0.376 e. The van der Waals surface area contributed by atoms with Crippen molar-refractivity contribution in [1.82, 2.24) is 9.78 Å². The molecule has 1 saturated heterocycles. The first-order valence-electron chi connectivity index (χ1n) is 5.21. The molecule has 0 aliphatic carbocycles. The van der Waals surface area contributed by atoms with Crippen molar-refractivity contribution in [3.8, 4) is 0 Å². The summed E-state index contributed by atoms with van der Waals surface area (Å²) in [5, 5.41) is 7.77. The molecule has 14 heavy (non-hydrogen) atoms. The maximum absolute atomic E-state index is 5.47. The third-order valence-corrected chi connectivity index (χ3v) is 2.67. The van der Waals surface area contributed by atoms with Gasteiger partial charge in [-0.05, 0) is 20.3 Å². The Morgan fingerprint density at radius 3 is 3.14 bits per heavy atom. The first-order valence-corrected chi connectivity index (χ1v) is 5.21. The van der Waals surface area contributed by atoms with Gasteiger partial charge in [-0.1, -0.05) is 0 Å². The lowest BCUT2D eigenvalue weighted by Gasteiger charge is -2.14. The molecule has 2 unspecified atom stereocenters. The predicted molar refractivity (Wildman–Crippen MR) is 55.3 cm³/mol. The van der Waals surface area contributed by atoms with Crippen LogP contribution in [0.4, 0.5) is 5.82 Å². The Balaban J connectivity index is 1.96. The summed E-state index contributed by atoms with van der Waals surface area (Å²) in [5.41, 5.74) is 0. The number of hydrogen-bond acceptors (Lipinski definition) is 3. The monoisotopic (exact) mass is 195 g/mol. The van der Waals surface area contributed by atoms with Gasteiger partial charge >= 0.3 is 0 Å². The third kappa shape index (κ3) is 1.90. The van der Waals surface area contributed by atoms with Gasteiger partial charge in [0, 0.05) is 25.4 Å². The van der Waals surface area contributed by atoms with Gasteiger partial charge < -0.3 is 10.1 Å². The van der Waals surface area contributed by atoms with E-state index < -0.39 is 0 Å². The number of nitrogens with one attached hydrogen (secondary N) is 1. The van der Waals surface area contributed by atoms with E-state index in [9.17, 15) is 0 Å². The SMILES string of the molecule is CCn1ccc(NC2CCOC2C)n1. The molecule has 1 aromatic heterocycles. The van der Waals surface area contributed by atoms with Crippen LogP contribution in [0.2, 0.25) is 0 Å². The topological polar surface area (TPSA) is 39.1 Å². The fourth-order valence-corrected chi connectivity index (χ4v) is 1.73. The first-order chi connectivity index (χ1) is 6.79. The summed E-state index contributed by atoms with van der Waals surface area (Å²) < 4.78 is 7.39. The average Bonchev–Trinajstić information content (AvgIpc) is 2.77. The Hall–Kier alpha value is -1.03. The van der Waals surface area contributed by atoms with Gasteiger partial charge in [0.15, 0.2) is 0 Å². The van der Waals surface area contributed by atoms with E-state index in [1.807, 2.05) is 16.9 Å². The highest BCUT2D eigenvalue weighted by atomic mass is 16.5. The maximum Gasteiger partial charge on any atom is 0.148 e. The zero-order valence-corrected chi connectivity index (χ0v) is 8.73. The highest BCUT2D eigenvalue weighted by Gasteiger charge is 2.24. The number of rotatable bonds is 3. The second kappa shape index (κ2) is 4.00. The van der Waals surface area contributed by atoms with Crippen LogP contribution < -0.4 is 5.32 Å². The normalized spacial score (nSPS) is 26.7. The molecule has 1 fully saturated rings. The van der Waals surface area contributed by atoms with E-state index in [-0.39, 0.29) is 0 Å². The van der Waals surface area contributed by atoms with E-state index in [4.69, 9.17) is 4.74 Å². The molecule has 4 nitrogen and oxygen atoms in total. The lowest BCUT2D eigenvalue weighted by atomic mass is 10.1. The van der Waals surface area contributed by atoms with E-state index in [0.29, 0.717) is 12.1 Å². The Labute approximate surface area is 84.3 Å². The van der Waals surface area contributed by atoms with E-state index in [0.717, 1.165) is 25.4 Å². The van der Waals surface area contributed by atoms with Crippen molar-refractivity contribution in [1.29, 1.82) is 0 Å². The van der Waals surface area contributed by atoms with Crippen molar-refractivity contribution in [3.05, 3.63) is 12.3 Å². The number of hydrogen-bond donors (Lipinski definition) is 1. The van der Waals surface area contributed by atoms with Crippen molar-refractivity contribution >= 4 is 5.82 Å². The van der Waals surface area contributed by atoms with Crippen molar-refractivity contribution in [2.45, 2.75) is 39.0 Å². The standard InChI is InChI=1S/C10H17N3O/c1-3-13-6-4-10(12-13)11-9-5-7-14-8(9)2/h4,6,8-9H,3,5,7H2,1-2H3,(H,11,12). The van der Waals surface area contributed by atoms with Crippen LogP contribution >= 0.6 is 0 Å². The summed E-state index contributed by atoms with van der Waals surface area (Å²) >= 11 is 0. The molecular formula is C10H17N3O. The third-order valence-electron chi connectivity index (χ3n) is 2.67. The predicted octanol–water partition coefficient (Wildman–Crippen LogP) is 1.49. The number of anilines is 1. The van der Waals surface area contributed by atoms with Crippen LogP contribution in [0.3, 0.4) is 0 Å². The van der Waals surface area contributed by atoms with Gasteiger partial charge in [0.1, 0.15) is 5.82 Å². The van der Waals surface area contributed by atoms with Gasteiger partial charge in [0.25, 0.3) is 0 Å². The number of ether oxygens (including phenoxy) is 1. The number of nitrogens with zero attached hydrogens (tertiary/aromatic N) is 2. The highest BCUT2D eigenvalue weighted by molar-refractivity contribution is 5.34. The van der Waals surface area contributed by atoms with Gasteiger partial charge in [-0.2, -0.15) is 5.10 Å². The number of aromatic nitrogens is 2. The van der Waals surface area contributed by atoms with Gasteiger partial charge in [-0.25, -0.2) is 0 Å². The number of aryl methyl sites for hydroxylation is 1. The molecule has 2 heterocycles. The van der Waals surface area contributed by atoms with Crippen molar-refractivity contribution in [3.63, 3.8) is 0 Å². The van der Waals surface area contributed by atoms with Crippen LogP contribution in [0.5, 0.6) is 0 Å². The lowest BCUT2D eigenvalue weighted by molar-refractivity contribution is 0.121. The summed E-state index contributed by atoms with van der Waals surface area (Å²) in [6.07, 6.45) is 3.35. The van der Waals surface area contributed by atoms with Gasteiger partial charge in [0.05, 0.1) is 12.1 Å². The first kappa shape index (κ1) is 9.52. The zero-order chi connectivity index (χ0) is 9.97. The Morgan fingerprint density at radius 1 is 1.71 bits per heavy atom. The molecular weight excluding hydrogens is 178 g/mol. The lowest BCUT2D eigenvalue weighted by Crippen LogP contribution is -2.26. The molecule has 0 saturated carbocycles. The van der Waals surface area contributed by atoms with Crippen molar-refractivity contribution in [2.24, 2.45) is 0 Å². The molecule has 0 bridgehead atoms. The second-order valence-corrected chi connectivity index (χ2v) is 3.67. The minimum Gasteiger partial charge on any atom is -0.376 e. The van der Waals surface area contributed by atoms with E-state index in [1.54, 1.807) is 0 Å². The zero-order valence-electron chi connectivity index (χ0n) is 8.73. The molecule has 1 N–H and O–H groups in total. The Bertz CT molecular complexity index is 297. The molecule has 0 aromatic carbocycles. The van der Waals surface area contributed by atoms with Gasteiger partial charge in [-0.3, -0.25) is 4.68 Å². The van der Waals surface area contributed by atoms with Crippen LogP contribution in [-0.2, 0) is 11.3 Å². The summed E-state index contributed by atoms with van der Waals surface area (Å²) in [5.74, 6) is 0.953. The molecule has 0 radical (unpaired) electrons. The molecule has 2 rings (SSSR count). The van der Waals surface area contributed by atoms with Crippen LogP contribution in [0, 0.1) is 0 Å². The maximum atomic E-state index is 5.47. The minimum atomic E-state index is 0.293. The summed E-state index contributed by atoms with van der Waals surface area (Å²) in [7, 11) is 0. The van der Waals surface area contributed by atoms with Gasteiger partial charge in [-0.15, -0.1) is 0 Å². The van der Waals surface area contributed by atoms with Crippen LogP contribution in [0.15, 0.2) is 12.3 Å². The molecule has 0 spiro atoms. The quantitative estimate of drug-likeness (QED) is 0.794. The van der Waals surface area contributed by atoms with Crippen LogP contribution in [-0.4, -0.2) is 28.5 Å². The van der Waals surface area contributed by atoms with E-state index >= 15 is 0 Å². The molecule has 4 heteroatoms. The molecule has 1 aliphatic rings. The molecule has 1 aromatic rings. The Morgan fingerprint density at radius 2 is 2.57 bits per heavy atom. The Kier molecular flexibility index (Phi) is 2.72.